The number of nitrogens with zero attached hydrogens (tertiary/aromatic N) is 1. The topological polar surface area (TPSA) is 117 Å². The average molecular weight is 360 g/mol. The highest BCUT2D eigenvalue weighted by atomic mass is 16.2. The number of primary amides is 1. The van der Waals surface area contributed by atoms with E-state index in [1.807, 2.05) is 30.5 Å². The normalized spacial score (nSPS) is 11.3. The van der Waals surface area contributed by atoms with Crippen molar-refractivity contribution in [2.75, 3.05) is 0 Å². The monoisotopic (exact) mass is 360 g/mol. The third kappa shape index (κ3) is 4.35. The third-order valence-corrected chi connectivity index (χ3v) is 3.81. The number of carbonyl (C=O) groups is 3. The Kier molecular flexibility index (Phi) is 5.22. The van der Waals surface area contributed by atoms with E-state index in [4.69, 9.17) is 5.73 Å². The molecule has 134 valence electrons. The molecule has 3 rings (SSSR count). The lowest BCUT2D eigenvalue weighted by Gasteiger charge is -2.01. The van der Waals surface area contributed by atoms with Crippen molar-refractivity contribution in [2.45, 2.75) is 0 Å². The SMILES string of the molecule is NC(=O)C(=O)/C=C/c1cccc(C(=O)N/N=C\c2c[nH]c3ccccc23)c1. The summed E-state index contributed by atoms with van der Waals surface area (Å²) in [5.41, 5.74) is 10.1. The maximum absolute atomic E-state index is 12.2. The Morgan fingerprint density at radius 1 is 1.07 bits per heavy atom. The van der Waals surface area contributed by atoms with Gasteiger partial charge < -0.3 is 10.7 Å². The first-order valence-corrected chi connectivity index (χ1v) is 8.06. The van der Waals surface area contributed by atoms with Crippen LogP contribution in [0.2, 0.25) is 0 Å². The Labute approximate surface area is 154 Å². The molecule has 0 fully saturated rings. The molecule has 2 aromatic carbocycles. The summed E-state index contributed by atoms with van der Waals surface area (Å²) < 4.78 is 0. The Balaban J connectivity index is 1.68. The van der Waals surface area contributed by atoms with Gasteiger partial charge in [-0.15, -0.1) is 0 Å². The molecule has 0 atom stereocenters. The summed E-state index contributed by atoms with van der Waals surface area (Å²) in [7, 11) is 0. The van der Waals surface area contributed by atoms with Crippen molar-refractivity contribution in [3.05, 3.63) is 77.5 Å². The molecule has 0 saturated heterocycles. The predicted octanol–water partition coefficient (Wildman–Crippen LogP) is 2.00. The molecule has 0 unspecified atom stereocenters. The molecule has 2 amide bonds. The molecule has 7 heteroatoms. The van der Waals surface area contributed by atoms with Gasteiger partial charge >= 0.3 is 0 Å². The van der Waals surface area contributed by atoms with Crippen molar-refractivity contribution in [3.8, 4) is 0 Å². The molecule has 0 aliphatic heterocycles. The first-order chi connectivity index (χ1) is 13.0. The van der Waals surface area contributed by atoms with Gasteiger partial charge in [-0.25, -0.2) is 5.43 Å². The molecule has 4 N–H and O–H groups in total. The average Bonchev–Trinajstić information content (AvgIpc) is 3.09. The van der Waals surface area contributed by atoms with Crippen molar-refractivity contribution >= 4 is 40.8 Å². The second-order valence-electron chi connectivity index (χ2n) is 5.68. The third-order valence-electron chi connectivity index (χ3n) is 3.81. The Bertz CT molecular complexity index is 1080. The second kappa shape index (κ2) is 7.92. The van der Waals surface area contributed by atoms with E-state index in [9.17, 15) is 14.4 Å². The van der Waals surface area contributed by atoms with Crippen LogP contribution in [0.1, 0.15) is 21.5 Å². The Morgan fingerprint density at radius 2 is 1.89 bits per heavy atom. The maximum Gasteiger partial charge on any atom is 0.289 e. The summed E-state index contributed by atoms with van der Waals surface area (Å²) in [6.45, 7) is 0. The van der Waals surface area contributed by atoms with Crippen molar-refractivity contribution in [3.63, 3.8) is 0 Å². The second-order valence-corrected chi connectivity index (χ2v) is 5.68. The first kappa shape index (κ1) is 17.8. The number of nitrogens with two attached hydrogens (primary N) is 1. The van der Waals surface area contributed by atoms with Gasteiger partial charge in [0.15, 0.2) is 0 Å². The molecule has 1 aromatic heterocycles. The number of aromatic nitrogens is 1. The molecule has 0 spiro atoms. The van der Waals surface area contributed by atoms with E-state index in [1.54, 1.807) is 30.5 Å². The summed E-state index contributed by atoms with van der Waals surface area (Å²) in [5, 5.41) is 4.99. The largest absolute Gasteiger partial charge is 0.363 e. The molecule has 0 bridgehead atoms. The molecule has 0 saturated carbocycles. The molecule has 0 aliphatic rings. The molecule has 27 heavy (non-hydrogen) atoms. The van der Waals surface area contributed by atoms with Gasteiger partial charge in [0, 0.05) is 28.2 Å². The Morgan fingerprint density at radius 3 is 2.70 bits per heavy atom. The Hall–Kier alpha value is -4.00. The van der Waals surface area contributed by atoms with Gasteiger partial charge in [-0.05, 0) is 29.8 Å². The lowest BCUT2D eigenvalue weighted by atomic mass is 10.1. The van der Waals surface area contributed by atoms with E-state index in [0.717, 1.165) is 22.5 Å². The molecule has 1 heterocycles. The summed E-state index contributed by atoms with van der Waals surface area (Å²) in [6.07, 6.45) is 5.85. The van der Waals surface area contributed by atoms with Crippen molar-refractivity contribution in [1.82, 2.24) is 10.4 Å². The van der Waals surface area contributed by atoms with Crippen molar-refractivity contribution in [2.24, 2.45) is 10.8 Å². The number of rotatable bonds is 6. The number of para-hydroxylation sites is 1. The molecule has 0 radical (unpaired) electrons. The zero-order valence-corrected chi connectivity index (χ0v) is 14.2. The van der Waals surface area contributed by atoms with E-state index in [0.29, 0.717) is 11.1 Å². The predicted molar refractivity (Wildman–Crippen MR) is 103 cm³/mol. The molecule has 0 aliphatic carbocycles. The number of hydrogen-bond donors (Lipinski definition) is 3. The standard InChI is InChI=1S/C20H16N4O3/c21-19(26)18(25)9-8-13-4-3-5-14(10-13)20(27)24-23-12-15-11-22-17-7-2-1-6-16(15)17/h1-12,22H,(H2,21,26)(H,24,27)/b9-8+,23-12-. The molecule has 3 aromatic rings. The van der Waals surface area contributed by atoms with E-state index in [1.165, 1.54) is 6.08 Å². The van der Waals surface area contributed by atoms with Gasteiger partial charge in [-0.2, -0.15) is 5.10 Å². The number of ketones is 1. The van der Waals surface area contributed by atoms with Gasteiger partial charge in [-0.1, -0.05) is 36.4 Å². The summed E-state index contributed by atoms with van der Waals surface area (Å²) in [4.78, 5) is 37.3. The van der Waals surface area contributed by atoms with Crippen LogP contribution in [0.25, 0.3) is 17.0 Å². The summed E-state index contributed by atoms with van der Waals surface area (Å²) in [6, 6.07) is 14.3. The zero-order valence-electron chi connectivity index (χ0n) is 14.2. The smallest absolute Gasteiger partial charge is 0.289 e. The van der Waals surface area contributed by atoms with Crippen LogP contribution in [0.3, 0.4) is 0 Å². The minimum Gasteiger partial charge on any atom is -0.363 e. The van der Waals surface area contributed by atoms with E-state index >= 15 is 0 Å². The minimum atomic E-state index is -1.04. The molecular formula is C20H16N4O3. The van der Waals surface area contributed by atoms with E-state index in [-0.39, 0.29) is 0 Å². The number of fused-ring (bicyclic) bond motifs is 1. The number of hydrazone groups is 1. The number of nitrogens with one attached hydrogen (secondary N) is 2. The van der Waals surface area contributed by atoms with Crippen LogP contribution in [-0.2, 0) is 9.59 Å². The van der Waals surface area contributed by atoms with Crippen LogP contribution in [0.4, 0.5) is 0 Å². The van der Waals surface area contributed by atoms with Crippen molar-refractivity contribution < 1.29 is 14.4 Å². The van der Waals surface area contributed by atoms with Gasteiger partial charge in [0.25, 0.3) is 11.8 Å². The van der Waals surface area contributed by atoms with Gasteiger partial charge in [0.1, 0.15) is 0 Å². The van der Waals surface area contributed by atoms with Gasteiger partial charge in [0.2, 0.25) is 5.78 Å². The highest BCUT2D eigenvalue weighted by Crippen LogP contribution is 2.15. The number of benzene rings is 2. The highest BCUT2D eigenvalue weighted by Gasteiger charge is 2.06. The summed E-state index contributed by atoms with van der Waals surface area (Å²) in [5.74, 6) is -2.25. The van der Waals surface area contributed by atoms with Gasteiger partial charge in [-0.3, -0.25) is 14.4 Å². The van der Waals surface area contributed by atoms with Crippen LogP contribution in [0.15, 0.2) is 65.9 Å². The minimum absolute atomic E-state index is 0.361. The van der Waals surface area contributed by atoms with Crippen molar-refractivity contribution in [1.29, 1.82) is 0 Å². The zero-order chi connectivity index (χ0) is 19.2. The maximum atomic E-state index is 12.2. The highest BCUT2D eigenvalue weighted by molar-refractivity contribution is 6.40. The number of carbonyl (C=O) groups excluding carboxylic acids is 3. The van der Waals surface area contributed by atoms with Gasteiger partial charge in [0.05, 0.1) is 6.21 Å². The number of amides is 2. The lowest BCUT2D eigenvalue weighted by Crippen LogP contribution is -2.20. The fourth-order valence-electron chi connectivity index (χ4n) is 2.46. The fraction of sp³-hybridized carbons (Fsp3) is 0. The van der Waals surface area contributed by atoms with Crippen LogP contribution in [-0.4, -0.2) is 28.8 Å². The van der Waals surface area contributed by atoms with E-state index < -0.39 is 17.6 Å². The van der Waals surface area contributed by atoms with Crippen LogP contribution in [0.5, 0.6) is 0 Å². The summed E-state index contributed by atoms with van der Waals surface area (Å²) >= 11 is 0. The lowest BCUT2D eigenvalue weighted by molar-refractivity contribution is -0.133. The number of H-pyrrole nitrogens is 1. The van der Waals surface area contributed by atoms with Crippen LogP contribution < -0.4 is 11.2 Å². The number of aromatic amines is 1. The molecule has 7 nitrogen and oxygen atoms in total. The number of hydrogen-bond acceptors (Lipinski definition) is 4. The molecular weight excluding hydrogens is 344 g/mol. The van der Waals surface area contributed by atoms with E-state index in [2.05, 4.69) is 15.5 Å². The van der Waals surface area contributed by atoms with Crippen LogP contribution in [0, 0.1) is 0 Å². The fourth-order valence-corrected chi connectivity index (χ4v) is 2.46. The van der Waals surface area contributed by atoms with Crippen LogP contribution >= 0.6 is 0 Å². The first-order valence-electron chi connectivity index (χ1n) is 8.06. The quantitative estimate of drug-likeness (QED) is 0.270.